The van der Waals surface area contributed by atoms with Crippen LogP contribution in [0.1, 0.15) is 12.8 Å². The highest BCUT2D eigenvalue weighted by Gasteiger charge is 2.26. The van der Waals surface area contributed by atoms with Crippen LogP contribution in [0.4, 0.5) is 0 Å². The second kappa shape index (κ2) is 7.10. The molecule has 106 valence electrons. The summed E-state index contributed by atoms with van der Waals surface area (Å²) >= 11 is 5.84. The second-order valence-corrected chi connectivity index (χ2v) is 5.51. The van der Waals surface area contributed by atoms with E-state index in [9.17, 15) is 5.11 Å². The van der Waals surface area contributed by atoms with Crippen LogP contribution < -0.4 is 10.1 Å². The lowest BCUT2D eigenvalue weighted by atomic mass is 9.82. The standard InChI is InChI=1S/C14H20ClNO3/c15-11-2-1-3-14(6-11)19-9-13(18)8-16-7-10-4-12(17)5-10/h1-3,6,10,12-13,16-18H,4-5,7-9H2. The predicted molar refractivity (Wildman–Crippen MR) is 74.6 cm³/mol. The van der Waals surface area contributed by atoms with Crippen molar-refractivity contribution in [3.63, 3.8) is 0 Å². The van der Waals surface area contributed by atoms with E-state index < -0.39 is 6.10 Å². The molecule has 0 radical (unpaired) electrons. The van der Waals surface area contributed by atoms with Crippen molar-refractivity contribution in [1.82, 2.24) is 5.32 Å². The third-order valence-electron chi connectivity index (χ3n) is 3.26. The fraction of sp³-hybridized carbons (Fsp3) is 0.571. The Labute approximate surface area is 118 Å². The van der Waals surface area contributed by atoms with Crippen LogP contribution in [0, 0.1) is 5.92 Å². The van der Waals surface area contributed by atoms with Crippen LogP contribution in [-0.2, 0) is 0 Å². The van der Waals surface area contributed by atoms with E-state index in [1.165, 1.54) is 0 Å². The van der Waals surface area contributed by atoms with E-state index in [1.807, 2.05) is 12.1 Å². The maximum atomic E-state index is 9.77. The Balaban J connectivity index is 1.58. The number of benzene rings is 1. The average molecular weight is 286 g/mol. The van der Waals surface area contributed by atoms with Gasteiger partial charge in [0.1, 0.15) is 18.5 Å². The fourth-order valence-corrected chi connectivity index (χ4v) is 2.31. The van der Waals surface area contributed by atoms with Crippen LogP contribution in [0.5, 0.6) is 5.75 Å². The van der Waals surface area contributed by atoms with Gasteiger partial charge < -0.3 is 20.3 Å². The summed E-state index contributed by atoms with van der Waals surface area (Å²) in [7, 11) is 0. The van der Waals surface area contributed by atoms with Crippen molar-refractivity contribution in [3.05, 3.63) is 29.3 Å². The summed E-state index contributed by atoms with van der Waals surface area (Å²) in [6.07, 6.45) is 1.05. The van der Waals surface area contributed by atoms with Crippen LogP contribution in [0.2, 0.25) is 5.02 Å². The summed E-state index contributed by atoms with van der Waals surface area (Å²) in [5.41, 5.74) is 0. The van der Waals surface area contributed by atoms with Gasteiger partial charge in [0.05, 0.1) is 6.10 Å². The van der Waals surface area contributed by atoms with Crippen molar-refractivity contribution in [2.45, 2.75) is 25.0 Å². The van der Waals surface area contributed by atoms with Gasteiger partial charge in [-0.15, -0.1) is 0 Å². The predicted octanol–water partition coefficient (Wildman–Crippen LogP) is 1.44. The Bertz CT molecular complexity index is 396. The molecule has 0 aliphatic heterocycles. The zero-order chi connectivity index (χ0) is 13.7. The van der Waals surface area contributed by atoms with E-state index in [1.54, 1.807) is 12.1 Å². The molecule has 2 rings (SSSR count). The molecule has 1 fully saturated rings. The molecule has 0 amide bonds. The quantitative estimate of drug-likeness (QED) is 0.709. The molecule has 4 nitrogen and oxygen atoms in total. The van der Waals surface area contributed by atoms with Crippen molar-refractivity contribution >= 4 is 11.6 Å². The zero-order valence-electron chi connectivity index (χ0n) is 10.8. The highest BCUT2D eigenvalue weighted by atomic mass is 35.5. The summed E-state index contributed by atoms with van der Waals surface area (Å²) < 4.78 is 5.45. The second-order valence-electron chi connectivity index (χ2n) is 5.07. The molecule has 0 heterocycles. The Kier molecular flexibility index (Phi) is 5.45. The van der Waals surface area contributed by atoms with Gasteiger partial charge >= 0.3 is 0 Å². The van der Waals surface area contributed by atoms with Crippen LogP contribution in [0.25, 0.3) is 0 Å². The van der Waals surface area contributed by atoms with Crippen molar-refractivity contribution in [2.75, 3.05) is 19.7 Å². The summed E-state index contributed by atoms with van der Waals surface area (Å²) in [4.78, 5) is 0. The average Bonchev–Trinajstić information content (AvgIpc) is 2.34. The van der Waals surface area contributed by atoms with Crippen molar-refractivity contribution in [3.8, 4) is 5.75 Å². The number of rotatable bonds is 7. The van der Waals surface area contributed by atoms with Crippen molar-refractivity contribution in [2.24, 2.45) is 5.92 Å². The lowest BCUT2D eigenvalue weighted by Gasteiger charge is -2.31. The number of halogens is 1. The first kappa shape index (κ1) is 14.6. The van der Waals surface area contributed by atoms with E-state index in [-0.39, 0.29) is 12.7 Å². The maximum absolute atomic E-state index is 9.77. The van der Waals surface area contributed by atoms with Gasteiger partial charge in [-0.25, -0.2) is 0 Å². The molecule has 0 bridgehead atoms. The Morgan fingerprint density at radius 1 is 1.42 bits per heavy atom. The maximum Gasteiger partial charge on any atom is 0.120 e. The minimum Gasteiger partial charge on any atom is -0.491 e. The third-order valence-corrected chi connectivity index (χ3v) is 3.50. The summed E-state index contributed by atoms with van der Waals surface area (Å²) in [5, 5.41) is 22.7. The van der Waals surface area contributed by atoms with Crippen molar-refractivity contribution in [1.29, 1.82) is 0 Å². The molecule has 0 spiro atoms. The van der Waals surface area contributed by atoms with Gasteiger partial charge in [0, 0.05) is 11.6 Å². The lowest BCUT2D eigenvalue weighted by molar-refractivity contribution is 0.0400. The van der Waals surface area contributed by atoms with Crippen LogP contribution in [-0.4, -0.2) is 42.1 Å². The summed E-state index contributed by atoms with van der Waals surface area (Å²) in [5.74, 6) is 1.20. The largest absolute Gasteiger partial charge is 0.491 e. The molecule has 0 aromatic heterocycles. The Hall–Kier alpha value is -0.810. The van der Waals surface area contributed by atoms with Gasteiger partial charge in [-0.3, -0.25) is 0 Å². The minimum absolute atomic E-state index is 0.122. The molecule has 1 aliphatic carbocycles. The smallest absolute Gasteiger partial charge is 0.120 e. The highest BCUT2D eigenvalue weighted by Crippen LogP contribution is 2.26. The first-order valence-corrected chi connectivity index (χ1v) is 6.96. The fourth-order valence-electron chi connectivity index (χ4n) is 2.13. The van der Waals surface area contributed by atoms with Gasteiger partial charge in [-0.1, -0.05) is 17.7 Å². The van der Waals surface area contributed by atoms with Crippen molar-refractivity contribution < 1.29 is 14.9 Å². The Morgan fingerprint density at radius 2 is 2.21 bits per heavy atom. The molecular formula is C14H20ClNO3. The molecule has 1 saturated carbocycles. The van der Waals surface area contributed by atoms with Gasteiger partial charge in [0.25, 0.3) is 0 Å². The third kappa shape index (κ3) is 4.99. The minimum atomic E-state index is -0.552. The number of aliphatic hydroxyl groups is 2. The van der Waals surface area contributed by atoms with E-state index in [0.29, 0.717) is 23.2 Å². The number of nitrogens with one attached hydrogen (secondary N) is 1. The SMILES string of the molecule is OC(CNCC1CC(O)C1)COc1cccc(Cl)c1. The molecule has 1 atom stereocenters. The summed E-state index contributed by atoms with van der Waals surface area (Å²) in [6.45, 7) is 1.57. The van der Waals surface area contributed by atoms with Gasteiger partial charge in [-0.05, 0) is 43.5 Å². The number of hydrogen-bond acceptors (Lipinski definition) is 4. The van der Waals surface area contributed by atoms with Crippen LogP contribution in [0.3, 0.4) is 0 Å². The number of hydrogen-bond donors (Lipinski definition) is 3. The Morgan fingerprint density at radius 3 is 2.89 bits per heavy atom. The molecule has 0 saturated heterocycles. The van der Waals surface area contributed by atoms with Crippen LogP contribution >= 0.6 is 11.6 Å². The van der Waals surface area contributed by atoms with Gasteiger partial charge in [0.2, 0.25) is 0 Å². The topological polar surface area (TPSA) is 61.7 Å². The van der Waals surface area contributed by atoms with E-state index in [2.05, 4.69) is 5.32 Å². The molecule has 19 heavy (non-hydrogen) atoms. The zero-order valence-corrected chi connectivity index (χ0v) is 11.5. The molecular weight excluding hydrogens is 266 g/mol. The highest BCUT2D eigenvalue weighted by molar-refractivity contribution is 6.30. The molecule has 1 aliphatic rings. The van der Waals surface area contributed by atoms with Gasteiger partial charge in [0.15, 0.2) is 0 Å². The molecule has 3 N–H and O–H groups in total. The van der Waals surface area contributed by atoms with Gasteiger partial charge in [-0.2, -0.15) is 0 Å². The lowest BCUT2D eigenvalue weighted by Crippen LogP contribution is -2.39. The molecule has 1 aromatic carbocycles. The molecule has 1 aromatic rings. The van der Waals surface area contributed by atoms with E-state index in [4.69, 9.17) is 21.4 Å². The number of aliphatic hydroxyl groups excluding tert-OH is 2. The monoisotopic (exact) mass is 285 g/mol. The normalized spacial score (nSPS) is 23.7. The first-order chi connectivity index (χ1) is 9.13. The molecule has 5 heteroatoms. The number of ether oxygens (including phenoxy) is 1. The summed E-state index contributed by atoms with van der Waals surface area (Å²) in [6, 6.07) is 7.11. The first-order valence-electron chi connectivity index (χ1n) is 6.58. The van der Waals surface area contributed by atoms with E-state index >= 15 is 0 Å². The van der Waals surface area contributed by atoms with E-state index in [0.717, 1.165) is 19.4 Å². The van der Waals surface area contributed by atoms with Crippen LogP contribution in [0.15, 0.2) is 24.3 Å². The molecule has 1 unspecified atom stereocenters.